The fourth-order valence-electron chi connectivity index (χ4n) is 1.83. The lowest BCUT2D eigenvalue weighted by Crippen LogP contribution is -2.42. The fourth-order valence-corrected chi connectivity index (χ4v) is 1.83. The van der Waals surface area contributed by atoms with Crippen LogP contribution in [0.4, 0.5) is 4.39 Å². The summed E-state index contributed by atoms with van der Waals surface area (Å²) in [5, 5.41) is 3.66. The molecule has 2 N–H and O–H groups in total. The van der Waals surface area contributed by atoms with E-state index in [1.807, 2.05) is 0 Å². The molecule has 0 saturated heterocycles. The molecule has 0 spiro atoms. The second kappa shape index (κ2) is 6.17. The molecule has 0 atom stereocenters. The minimum absolute atomic E-state index is 0.0299. The Kier molecular flexibility index (Phi) is 4.32. The standard InChI is InChI=1S/C14H14FN3O3/c1-8-13(9(2)21-18-8)14(20)17-16-12(19)7-10-3-5-11(15)6-4-10/h3-6H,7H2,1-2H3,(H,16,19)(H,17,20). The maximum absolute atomic E-state index is 12.7. The zero-order valence-electron chi connectivity index (χ0n) is 11.6. The van der Waals surface area contributed by atoms with Crippen LogP contribution in [0.3, 0.4) is 0 Å². The SMILES string of the molecule is Cc1noc(C)c1C(=O)NNC(=O)Cc1ccc(F)cc1. The number of nitrogens with one attached hydrogen (secondary N) is 2. The Labute approximate surface area is 120 Å². The van der Waals surface area contributed by atoms with Crippen molar-refractivity contribution in [1.29, 1.82) is 0 Å². The maximum atomic E-state index is 12.7. The van der Waals surface area contributed by atoms with Crippen molar-refractivity contribution >= 4 is 11.8 Å². The number of hydrogen-bond acceptors (Lipinski definition) is 4. The average molecular weight is 291 g/mol. The number of carbonyl (C=O) groups excluding carboxylic acids is 2. The summed E-state index contributed by atoms with van der Waals surface area (Å²) in [6.07, 6.45) is 0.0299. The van der Waals surface area contributed by atoms with E-state index in [2.05, 4.69) is 16.0 Å². The molecule has 0 aliphatic carbocycles. The molecule has 2 rings (SSSR count). The molecule has 0 bridgehead atoms. The molecular formula is C14H14FN3O3. The highest BCUT2D eigenvalue weighted by Crippen LogP contribution is 2.11. The lowest BCUT2D eigenvalue weighted by atomic mass is 10.1. The third-order valence-electron chi connectivity index (χ3n) is 2.85. The van der Waals surface area contributed by atoms with Crippen LogP contribution in [-0.2, 0) is 11.2 Å². The fraction of sp³-hybridized carbons (Fsp3) is 0.214. The Morgan fingerprint density at radius 2 is 1.86 bits per heavy atom. The predicted molar refractivity (Wildman–Crippen MR) is 71.7 cm³/mol. The van der Waals surface area contributed by atoms with E-state index in [9.17, 15) is 14.0 Å². The molecule has 0 fully saturated rings. The van der Waals surface area contributed by atoms with Crippen LogP contribution in [0.2, 0.25) is 0 Å². The Morgan fingerprint density at radius 1 is 1.19 bits per heavy atom. The van der Waals surface area contributed by atoms with E-state index in [0.29, 0.717) is 17.0 Å². The van der Waals surface area contributed by atoms with Crippen LogP contribution < -0.4 is 10.9 Å². The van der Waals surface area contributed by atoms with Gasteiger partial charge in [-0.2, -0.15) is 0 Å². The molecule has 21 heavy (non-hydrogen) atoms. The van der Waals surface area contributed by atoms with Gasteiger partial charge < -0.3 is 4.52 Å². The van der Waals surface area contributed by atoms with Crippen molar-refractivity contribution in [2.75, 3.05) is 0 Å². The summed E-state index contributed by atoms with van der Waals surface area (Å²) in [5.41, 5.74) is 5.94. The van der Waals surface area contributed by atoms with Crippen molar-refractivity contribution in [3.63, 3.8) is 0 Å². The predicted octanol–water partition coefficient (Wildman–Crippen LogP) is 1.43. The van der Waals surface area contributed by atoms with Gasteiger partial charge in [-0.1, -0.05) is 17.3 Å². The summed E-state index contributed by atoms with van der Waals surface area (Å²) >= 11 is 0. The van der Waals surface area contributed by atoms with Gasteiger partial charge in [0, 0.05) is 0 Å². The zero-order chi connectivity index (χ0) is 15.4. The molecule has 0 radical (unpaired) electrons. The Bertz CT molecular complexity index is 645. The van der Waals surface area contributed by atoms with Crippen LogP contribution in [0, 0.1) is 19.7 Å². The van der Waals surface area contributed by atoms with Gasteiger partial charge in [-0.05, 0) is 31.5 Å². The van der Waals surface area contributed by atoms with E-state index in [0.717, 1.165) is 0 Å². The van der Waals surface area contributed by atoms with Gasteiger partial charge in [0.15, 0.2) is 0 Å². The molecule has 0 unspecified atom stereocenters. The molecule has 6 nitrogen and oxygen atoms in total. The molecule has 0 aliphatic heterocycles. The molecule has 0 aliphatic rings. The lowest BCUT2D eigenvalue weighted by molar-refractivity contribution is -0.121. The quantitative estimate of drug-likeness (QED) is 0.838. The molecule has 0 saturated carbocycles. The number of hydrazine groups is 1. The van der Waals surface area contributed by atoms with Crippen molar-refractivity contribution in [2.45, 2.75) is 20.3 Å². The van der Waals surface area contributed by atoms with E-state index in [1.54, 1.807) is 13.8 Å². The summed E-state index contributed by atoms with van der Waals surface area (Å²) in [5.74, 6) is -0.913. The summed E-state index contributed by atoms with van der Waals surface area (Å²) < 4.78 is 17.6. The van der Waals surface area contributed by atoms with Crippen molar-refractivity contribution in [3.05, 3.63) is 52.7 Å². The number of halogens is 1. The van der Waals surface area contributed by atoms with Gasteiger partial charge in [0.1, 0.15) is 17.1 Å². The number of carbonyl (C=O) groups is 2. The number of amides is 2. The molecule has 110 valence electrons. The highest BCUT2D eigenvalue weighted by atomic mass is 19.1. The van der Waals surface area contributed by atoms with E-state index in [4.69, 9.17) is 4.52 Å². The van der Waals surface area contributed by atoms with Crippen molar-refractivity contribution in [1.82, 2.24) is 16.0 Å². The Hall–Kier alpha value is -2.70. The molecule has 1 aromatic heterocycles. The van der Waals surface area contributed by atoms with E-state index < -0.39 is 11.8 Å². The van der Waals surface area contributed by atoms with Crippen LogP contribution in [0.1, 0.15) is 27.4 Å². The van der Waals surface area contributed by atoms with Crippen molar-refractivity contribution in [3.8, 4) is 0 Å². The van der Waals surface area contributed by atoms with Gasteiger partial charge in [0.25, 0.3) is 5.91 Å². The average Bonchev–Trinajstić information content (AvgIpc) is 2.78. The van der Waals surface area contributed by atoms with Gasteiger partial charge in [0.05, 0.1) is 12.1 Å². The van der Waals surface area contributed by atoms with Crippen LogP contribution in [-0.4, -0.2) is 17.0 Å². The first kappa shape index (κ1) is 14.7. The summed E-state index contributed by atoms with van der Waals surface area (Å²) in [7, 11) is 0. The van der Waals surface area contributed by atoms with Gasteiger partial charge in [-0.3, -0.25) is 20.4 Å². The summed E-state index contributed by atoms with van der Waals surface area (Å²) in [4.78, 5) is 23.6. The van der Waals surface area contributed by atoms with Gasteiger partial charge in [-0.15, -0.1) is 0 Å². The first-order chi connectivity index (χ1) is 9.97. The number of aryl methyl sites for hydroxylation is 2. The van der Waals surface area contributed by atoms with Gasteiger partial charge in [0.2, 0.25) is 5.91 Å². The van der Waals surface area contributed by atoms with Gasteiger partial charge >= 0.3 is 0 Å². The number of rotatable bonds is 3. The highest BCUT2D eigenvalue weighted by molar-refractivity contribution is 5.97. The summed E-state index contributed by atoms with van der Waals surface area (Å²) in [6.45, 7) is 3.24. The first-order valence-electron chi connectivity index (χ1n) is 6.24. The highest BCUT2D eigenvalue weighted by Gasteiger charge is 2.17. The maximum Gasteiger partial charge on any atom is 0.275 e. The van der Waals surface area contributed by atoms with Crippen LogP contribution >= 0.6 is 0 Å². The third kappa shape index (κ3) is 3.65. The number of hydrogen-bond donors (Lipinski definition) is 2. The minimum atomic E-state index is -0.501. The Morgan fingerprint density at radius 3 is 2.43 bits per heavy atom. The minimum Gasteiger partial charge on any atom is -0.361 e. The van der Waals surface area contributed by atoms with E-state index in [1.165, 1.54) is 24.3 Å². The molecule has 2 amide bonds. The van der Waals surface area contributed by atoms with Gasteiger partial charge in [-0.25, -0.2) is 4.39 Å². The molecule has 2 aromatic rings. The molecule has 1 aromatic carbocycles. The monoisotopic (exact) mass is 291 g/mol. The largest absolute Gasteiger partial charge is 0.361 e. The molecular weight excluding hydrogens is 277 g/mol. The number of benzene rings is 1. The van der Waals surface area contributed by atoms with E-state index in [-0.39, 0.29) is 17.8 Å². The van der Waals surface area contributed by atoms with Crippen molar-refractivity contribution < 1.29 is 18.5 Å². The smallest absolute Gasteiger partial charge is 0.275 e. The lowest BCUT2D eigenvalue weighted by Gasteiger charge is -2.07. The molecule has 7 heteroatoms. The topological polar surface area (TPSA) is 84.2 Å². The summed E-state index contributed by atoms with van der Waals surface area (Å²) in [6, 6.07) is 5.55. The second-order valence-electron chi connectivity index (χ2n) is 4.50. The van der Waals surface area contributed by atoms with E-state index >= 15 is 0 Å². The normalized spacial score (nSPS) is 10.2. The number of nitrogens with zero attached hydrogens (tertiary/aromatic N) is 1. The van der Waals surface area contributed by atoms with Crippen molar-refractivity contribution in [2.24, 2.45) is 0 Å². The second-order valence-corrected chi connectivity index (χ2v) is 4.50. The zero-order valence-corrected chi connectivity index (χ0v) is 11.6. The third-order valence-corrected chi connectivity index (χ3v) is 2.85. The molecule has 1 heterocycles. The first-order valence-corrected chi connectivity index (χ1v) is 6.24. The van der Waals surface area contributed by atoms with Crippen LogP contribution in [0.5, 0.6) is 0 Å². The number of aromatic nitrogens is 1. The van der Waals surface area contributed by atoms with Crippen LogP contribution in [0.15, 0.2) is 28.8 Å². The Balaban J connectivity index is 1.89. The van der Waals surface area contributed by atoms with Crippen LogP contribution in [0.25, 0.3) is 0 Å².